The minimum atomic E-state index is 0.380. The van der Waals surface area contributed by atoms with Crippen LogP contribution in [0.25, 0.3) is 0 Å². The molecular weight excluding hydrogens is 186 g/mol. The Kier molecular flexibility index (Phi) is 2.33. The predicted octanol–water partition coefficient (Wildman–Crippen LogP) is 0.242. The lowest BCUT2D eigenvalue weighted by molar-refractivity contribution is 0.668. The average Bonchev–Trinajstić information content (AvgIpc) is 2.76. The van der Waals surface area contributed by atoms with Crippen LogP contribution in [0.1, 0.15) is 10.8 Å². The third-order valence-electron chi connectivity index (χ3n) is 1.55. The van der Waals surface area contributed by atoms with E-state index < -0.39 is 0 Å². The zero-order chi connectivity index (χ0) is 9.10. The van der Waals surface area contributed by atoms with Crippen LogP contribution in [0.15, 0.2) is 17.9 Å². The molecule has 0 aliphatic rings. The molecule has 0 aromatic carbocycles. The van der Waals surface area contributed by atoms with Gasteiger partial charge in [0, 0.05) is 11.6 Å². The van der Waals surface area contributed by atoms with Crippen LogP contribution in [0.5, 0.6) is 0 Å². The summed E-state index contributed by atoms with van der Waals surface area (Å²) >= 11 is 1.60. The van der Waals surface area contributed by atoms with Crippen molar-refractivity contribution in [3.8, 4) is 0 Å². The minimum Gasteiger partial charge on any atom is -0.324 e. The first-order valence-corrected chi connectivity index (χ1v) is 4.73. The van der Waals surface area contributed by atoms with Crippen molar-refractivity contribution >= 4 is 11.3 Å². The molecular formula is C7H9N5S. The van der Waals surface area contributed by atoms with Crippen molar-refractivity contribution in [1.29, 1.82) is 0 Å². The Bertz CT molecular complexity index is 366. The van der Waals surface area contributed by atoms with Crippen molar-refractivity contribution in [3.63, 3.8) is 0 Å². The van der Waals surface area contributed by atoms with E-state index in [2.05, 4.69) is 15.1 Å². The van der Waals surface area contributed by atoms with E-state index in [1.165, 1.54) is 0 Å². The summed E-state index contributed by atoms with van der Waals surface area (Å²) < 4.78 is 1.74. The van der Waals surface area contributed by atoms with Crippen LogP contribution in [-0.4, -0.2) is 19.7 Å². The van der Waals surface area contributed by atoms with E-state index in [1.54, 1.807) is 28.5 Å². The Balaban J connectivity index is 2.10. The normalized spacial score (nSPS) is 10.5. The molecule has 0 unspecified atom stereocenters. The number of nitrogens with two attached hydrogens (primary N) is 1. The van der Waals surface area contributed by atoms with E-state index in [0.717, 1.165) is 5.01 Å². The monoisotopic (exact) mass is 195 g/mol. The zero-order valence-corrected chi connectivity index (χ0v) is 7.74. The fourth-order valence-electron chi connectivity index (χ4n) is 0.973. The Morgan fingerprint density at radius 3 is 3.00 bits per heavy atom. The summed E-state index contributed by atoms with van der Waals surface area (Å²) in [4.78, 5) is 8.16. The standard InChI is InChI=1S/C7H9N5S/c8-3-6-10-5-12(11-6)4-7-9-1-2-13-7/h1-2,5H,3-4,8H2. The largest absolute Gasteiger partial charge is 0.324 e. The number of rotatable bonds is 3. The molecule has 68 valence electrons. The van der Waals surface area contributed by atoms with Crippen molar-refractivity contribution < 1.29 is 0 Å². The van der Waals surface area contributed by atoms with E-state index in [-0.39, 0.29) is 0 Å². The van der Waals surface area contributed by atoms with Crippen LogP contribution in [0.4, 0.5) is 0 Å². The summed E-state index contributed by atoms with van der Waals surface area (Å²) in [6.45, 7) is 1.05. The topological polar surface area (TPSA) is 69.6 Å². The summed E-state index contributed by atoms with van der Waals surface area (Å²) in [7, 11) is 0. The SMILES string of the molecule is NCc1ncn(Cc2nccs2)n1. The first-order valence-electron chi connectivity index (χ1n) is 3.85. The molecule has 0 radical (unpaired) electrons. The maximum Gasteiger partial charge on any atom is 0.164 e. The molecule has 2 heterocycles. The summed E-state index contributed by atoms with van der Waals surface area (Å²) in [6.07, 6.45) is 3.45. The second kappa shape index (κ2) is 3.63. The van der Waals surface area contributed by atoms with Crippen LogP contribution >= 0.6 is 11.3 Å². The molecule has 0 aliphatic heterocycles. The van der Waals surface area contributed by atoms with Gasteiger partial charge in [0.1, 0.15) is 11.3 Å². The molecule has 0 saturated heterocycles. The second-order valence-electron chi connectivity index (χ2n) is 2.49. The quantitative estimate of drug-likeness (QED) is 0.761. The molecule has 0 atom stereocenters. The minimum absolute atomic E-state index is 0.380. The predicted molar refractivity (Wildman–Crippen MR) is 49.1 cm³/mol. The maximum atomic E-state index is 5.39. The number of aromatic nitrogens is 4. The van der Waals surface area contributed by atoms with Crippen LogP contribution < -0.4 is 5.73 Å². The van der Waals surface area contributed by atoms with E-state index in [9.17, 15) is 0 Å². The second-order valence-corrected chi connectivity index (χ2v) is 3.47. The zero-order valence-electron chi connectivity index (χ0n) is 6.92. The van der Waals surface area contributed by atoms with Gasteiger partial charge < -0.3 is 5.73 Å². The molecule has 2 aromatic heterocycles. The first kappa shape index (κ1) is 8.33. The number of hydrogen-bond acceptors (Lipinski definition) is 5. The average molecular weight is 195 g/mol. The van der Waals surface area contributed by atoms with E-state index >= 15 is 0 Å². The number of hydrogen-bond donors (Lipinski definition) is 1. The van der Waals surface area contributed by atoms with Crippen LogP contribution in [-0.2, 0) is 13.1 Å². The Morgan fingerprint density at radius 2 is 2.38 bits per heavy atom. The maximum absolute atomic E-state index is 5.39. The summed E-state index contributed by atoms with van der Waals surface area (Å²) in [5.74, 6) is 0.663. The van der Waals surface area contributed by atoms with Gasteiger partial charge in [-0.2, -0.15) is 5.10 Å². The smallest absolute Gasteiger partial charge is 0.164 e. The van der Waals surface area contributed by atoms with Gasteiger partial charge in [-0.05, 0) is 0 Å². The summed E-state index contributed by atoms with van der Waals surface area (Å²) in [5.41, 5.74) is 5.39. The van der Waals surface area contributed by atoms with Gasteiger partial charge in [-0.1, -0.05) is 0 Å². The molecule has 0 saturated carbocycles. The van der Waals surface area contributed by atoms with Crippen molar-refractivity contribution in [2.45, 2.75) is 13.1 Å². The Hall–Kier alpha value is -1.27. The van der Waals surface area contributed by atoms with Gasteiger partial charge in [0.15, 0.2) is 5.82 Å². The van der Waals surface area contributed by atoms with Gasteiger partial charge in [0.2, 0.25) is 0 Å². The van der Waals surface area contributed by atoms with Crippen molar-refractivity contribution in [3.05, 3.63) is 28.7 Å². The molecule has 5 nitrogen and oxygen atoms in total. The highest BCUT2D eigenvalue weighted by Gasteiger charge is 2.00. The van der Waals surface area contributed by atoms with Crippen molar-refractivity contribution in [2.75, 3.05) is 0 Å². The molecule has 6 heteroatoms. The molecule has 2 N–H and O–H groups in total. The van der Waals surface area contributed by atoms with E-state index in [0.29, 0.717) is 18.9 Å². The number of nitrogens with zero attached hydrogens (tertiary/aromatic N) is 4. The van der Waals surface area contributed by atoms with Gasteiger partial charge in [-0.25, -0.2) is 14.6 Å². The third-order valence-corrected chi connectivity index (χ3v) is 2.31. The van der Waals surface area contributed by atoms with Gasteiger partial charge >= 0.3 is 0 Å². The van der Waals surface area contributed by atoms with Crippen molar-refractivity contribution in [1.82, 2.24) is 19.7 Å². The fourth-order valence-corrected chi connectivity index (χ4v) is 1.58. The molecule has 0 bridgehead atoms. The lowest BCUT2D eigenvalue weighted by Gasteiger charge is -1.94. The molecule has 0 amide bonds. The van der Waals surface area contributed by atoms with Crippen molar-refractivity contribution in [2.24, 2.45) is 5.73 Å². The first-order chi connectivity index (χ1) is 6.38. The summed E-state index contributed by atoms with van der Waals surface area (Å²) in [6, 6.07) is 0. The molecule has 2 rings (SSSR count). The Morgan fingerprint density at radius 1 is 1.46 bits per heavy atom. The van der Waals surface area contributed by atoms with Crippen LogP contribution in [0.3, 0.4) is 0 Å². The molecule has 0 fully saturated rings. The van der Waals surface area contributed by atoms with Gasteiger partial charge in [-0.15, -0.1) is 11.3 Å². The van der Waals surface area contributed by atoms with E-state index in [4.69, 9.17) is 5.73 Å². The molecule has 2 aromatic rings. The van der Waals surface area contributed by atoms with Gasteiger partial charge in [0.05, 0.1) is 13.1 Å². The highest BCUT2D eigenvalue weighted by molar-refractivity contribution is 7.09. The highest BCUT2D eigenvalue weighted by atomic mass is 32.1. The van der Waals surface area contributed by atoms with Gasteiger partial charge in [0.25, 0.3) is 0 Å². The third kappa shape index (κ3) is 1.90. The lowest BCUT2D eigenvalue weighted by Crippen LogP contribution is -2.03. The lowest BCUT2D eigenvalue weighted by atomic mass is 10.6. The van der Waals surface area contributed by atoms with Crippen LogP contribution in [0, 0.1) is 0 Å². The highest BCUT2D eigenvalue weighted by Crippen LogP contribution is 2.05. The summed E-state index contributed by atoms with van der Waals surface area (Å²) in [5, 5.41) is 7.11. The number of thiazole rings is 1. The molecule has 0 aliphatic carbocycles. The van der Waals surface area contributed by atoms with Crippen LogP contribution in [0.2, 0.25) is 0 Å². The fraction of sp³-hybridized carbons (Fsp3) is 0.286. The molecule has 13 heavy (non-hydrogen) atoms. The van der Waals surface area contributed by atoms with Gasteiger partial charge in [-0.3, -0.25) is 0 Å². The molecule has 0 spiro atoms. The van der Waals surface area contributed by atoms with E-state index in [1.807, 2.05) is 5.38 Å². The Labute approximate surface area is 79.2 Å².